The van der Waals surface area contributed by atoms with Crippen LogP contribution in [0, 0.1) is 0 Å². The van der Waals surface area contributed by atoms with E-state index in [1.54, 1.807) is 24.5 Å². The molecule has 2 aromatic rings. The van der Waals surface area contributed by atoms with Gasteiger partial charge in [0.15, 0.2) is 0 Å². The van der Waals surface area contributed by atoms with E-state index in [1.807, 2.05) is 6.07 Å². The van der Waals surface area contributed by atoms with E-state index in [4.69, 9.17) is 0 Å². The molecule has 0 aliphatic heterocycles. The van der Waals surface area contributed by atoms with Gasteiger partial charge in [-0.15, -0.1) is 6.58 Å². The minimum atomic E-state index is -3.66. The van der Waals surface area contributed by atoms with Crippen LogP contribution in [0.2, 0.25) is 0 Å². The summed E-state index contributed by atoms with van der Waals surface area (Å²) in [5.74, 6) is -0.352. The van der Waals surface area contributed by atoms with Crippen molar-refractivity contribution in [3.05, 3.63) is 72.6 Å². The quantitative estimate of drug-likeness (QED) is 0.752. The van der Waals surface area contributed by atoms with Gasteiger partial charge in [0.25, 0.3) is 5.91 Å². The molecule has 1 aromatic heterocycles. The SMILES string of the molecule is C=CCNS(=O)(=O)c1cccc(C(=O)NCc2cccnc2)c1. The summed E-state index contributed by atoms with van der Waals surface area (Å²) in [5.41, 5.74) is 1.13. The molecular formula is C16H17N3O3S. The summed E-state index contributed by atoms with van der Waals surface area (Å²) in [6.07, 6.45) is 4.75. The van der Waals surface area contributed by atoms with Crippen molar-refractivity contribution in [2.24, 2.45) is 0 Å². The number of aromatic nitrogens is 1. The molecule has 23 heavy (non-hydrogen) atoms. The summed E-state index contributed by atoms with van der Waals surface area (Å²) >= 11 is 0. The van der Waals surface area contributed by atoms with Crippen LogP contribution in [0.4, 0.5) is 0 Å². The predicted octanol–water partition coefficient (Wildman–Crippen LogP) is 1.48. The number of carbonyl (C=O) groups is 1. The van der Waals surface area contributed by atoms with Gasteiger partial charge in [-0.3, -0.25) is 9.78 Å². The van der Waals surface area contributed by atoms with Crippen molar-refractivity contribution in [2.45, 2.75) is 11.4 Å². The zero-order chi connectivity index (χ0) is 16.7. The van der Waals surface area contributed by atoms with Gasteiger partial charge in [0.05, 0.1) is 4.90 Å². The number of hydrogen-bond donors (Lipinski definition) is 2. The van der Waals surface area contributed by atoms with E-state index in [1.165, 1.54) is 24.3 Å². The van der Waals surface area contributed by atoms with E-state index in [0.29, 0.717) is 6.54 Å². The summed E-state index contributed by atoms with van der Waals surface area (Å²) in [5, 5.41) is 2.73. The van der Waals surface area contributed by atoms with E-state index >= 15 is 0 Å². The number of rotatable bonds is 7. The first kappa shape index (κ1) is 16.9. The van der Waals surface area contributed by atoms with Crippen LogP contribution in [0.1, 0.15) is 15.9 Å². The van der Waals surface area contributed by atoms with Gasteiger partial charge < -0.3 is 5.32 Å². The molecule has 0 aliphatic carbocycles. The van der Waals surface area contributed by atoms with Crippen molar-refractivity contribution in [1.29, 1.82) is 0 Å². The number of hydrogen-bond acceptors (Lipinski definition) is 4. The number of pyridine rings is 1. The zero-order valence-corrected chi connectivity index (χ0v) is 13.2. The highest BCUT2D eigenvalue weighted by atomic mass is 32.2. The summed E-state index contributed by atoms with van der Waals surface area (Å²) in [6.45, 7) is 3.90. The van der Waals surface area contributed by atoms with Crippen LogP contribution in [0.5, 0.6) is 0 Å². The predicted molar refractivity (Wildman–Crippen MR) is 87.2 cm³/mol. The monoisotopic (exact) mass is 331 g/mol. The largest absolute Gasteiger partial charge is 0.348 e. The second-order valence-corrected chi connectivity index (χ2v) is 6.48. The molecule has 1 aromatic carbocycles. The van der Waals surface area contributed by atoms with E-state index in [-0.39, 0.29) is 22.9 Å². The number of carbonyl (C=O) groups excluding carboxylic acids is 1. The molecule has 0 saturated carbocycles. The molecule has 0 unspecified atom stereocenters. The average molecular weight is 331 g/mol. The van der Waals surface area contributed by atoms with Crippen molar-refractivity contribution < 1.29 is 13.2 Å². The van der Waals surface area contributed by atoms with Gasteiger partial charge in [-0.25, -0.2) is 13.1 Å². The van der Waals surface area contributed by atoms with Crippen LogP contribution >= 0.6 is 0 Å². The highest BCUT2D eigenvalue weighted by Crippen LogP contribution is 2.11. The fraction of sp³-hybridized carbons (Fsp3) is 0.125. The molecule has 2 N–H and O–H groups in total. The summed E-state index contributed by atoms with van der Waals surface area (Å²) in [7, 11) is -3.66. The highest BCUT2D eigenvalue weighted by Gasteiger charge is 2.15. The molecule has 0 bridgehead atoms. The summed E-state index contributed by atoms with van der Waals surface area (Å²) in [6, 6.07) is 9.48. The Morgan fingerprint density at radius 3 is 2.78 bits per heavy atom. The highest BCUT2D eigenvalue weighted by molar-refractivity contribution is 7.89. The lowest BCUT2D eigenvalue weighted by molar-refractivity contribution is 0.0950. The third-order valence-electron chi connectivity index (χ3n) is 3.00. The first-order chi connectivity index (χ1) is 11.0. The van der Waals surface area contributed by atoms with E-state index < -0.39 is 10.0 Å². The second-order valence-electron chi connectivity index (χ2n) is 4.71. The van der Waals surface area contributed by atoms with Crippen molar-refractivity contribution in [3.63, 3.8) is 0 Å². The number of nitrogens with zero attached hydrogens (tertiary/aromatic N) is 1. The normalized spacial score (nSPS) is 11.0. The Hall–Kier alpha value is -2.51. The van der Waals surface area contributed by atoms with Crippen LogP contribution in [-0.4, -0.2) is 25.9 Å². The minimum absolute atomic E-state index is 0.0355. The molecule has 0 fully saturated rings. The third kappa shape index (κ3) is 4.73. The maximum atomic E-state index is 12.1. The van der Waals surface area contributed by atoms with Crippen LogP contribution in [0.25, 0.3) is 0 Å². The van der Waals surface area contributed by atoms with Crippen LogP contribution < -0.4 is 10.0 Å². The van der Waals surface area contributed by atoms with E-state index in [0.717, 1.165) is 5.56 Å². The fourth-order valence-electron chi connectivity index (χ4n) is 1.84. The Morgan fingerprint density at radius 2 is 2.09 bits per heavy atom. The summed E-state index contributed by atoms with van der Waals surface area (Å²) in [4.78, 5) is 16.1. The molecule has 0 aliphatic rings. The molecule has 0 saturated heterocycles. The zero-order valence-electron chi connectivity index (χ0n) is 12.4. The first-order valence-electron chi connectivity index (χ1n) is 6.90. The molecule has 7 heteroatoms. The van der Waals surface area contributed by atoms with Gasteiger partial charge >= 0.3 is 0 Å². The molecule has 0 spiro atoms. The standard InChI is InChI=1S/C16H17N3O3S/c1-2-8-19-23(21,22)15-7-3-6-14(10-15)16(20)18-12-13-5-4-9-17-11-13/h2-7,9-11,19H,1,8,12H2,(H,18,20). The van der Waals surface area contributed by atoms with E-state index in [9.17, 15) is 13.2 Å². The van der Waals surface area contributed by atoms with Crippen LogP contribution in [0.3, 0.4) is 0 Å². The Morgan fingerprint density at radius 1 is 1.26 bits per heavy atom. The van der Waals surface area contributed by atoms with Gasteiger partial charge in [-0.2, -0.15) is 0 Å². The molecule has 120 valence electrons. The number of amides is 1. The maximum Gasteiger partial charge on any atom is 0.251 e. The van der Waals surface area contributed by atoms with Crippen molar-refractivity contribution in [3.8, 4) is 0 Å². The molecular weight excluding hydrogens is 314 g/mol. The Bertz CT molecular complexity index is 789. The lowest BCUT2D eigenvalue weighted by atomic mass is 10.2. The molecule has 1 amide bonds. The Kier molecular flexibility index (Phi) is 5.61. The second kappa shape index (κ2) is 7.66. The van der Waals surface area contributed by atoms with Crippen molar-refractivity contribution in [1.82, 2.24) is 15.0 Å². The van der Waals surface area contributed by atoms with Gasteiger partial charge in [0.1, 0.15) is 0 Å². The molecule has 0 radical (unpaired) electrons. The molecule has 0 atom stereocenters. The van der Waals surface area contributed by atoms with Gasteiger partial charge in [-0.1, -0.05) is 18.2 Å². The first-order valence-corrected chi connectivity index (χ1v) is 8.39. The summed E-state index contributed by atoms with van der Waals surface area (Å²) < 4.78 is 26.5. The third-order valence-corrected chi connectivity index (χ3v) is 4.42. The van der Waals surface area contributed by atoms with Crippen molar-refractivity contribution >= 4 is 15.9 Å². The number of sulfonamides is 1. The number of benzene rings is 1. The molecule has 6 nitrogen and oxygen atoms in total. The maximum absolute atomic E-state index is 12.1. The van der Waals surface area contributed by atoms with Gasteiger partial charge in [0.2, 0.25) is 10.0 Å². The lowest BCUT2D eigenvalue weighted by Gasteiger charge is -2.08. The van der Waals surface area contributed by atoms with Crippen LogP contribution in [-0.2, 0) is 16.6 Å². The Labute approximate surface area is 135 Å². The topological polar surface area (TPSA) is 88.2 Å². The fourth-order valence-corrected chi connectivity index (χ4v) is 2.89. The number of nitrogens with one attached hydrogen (secondary N) is 2. The van der Waals surface area contributed by atoms with E-state index in [2.05, 4.69) is 21.6 Å². The Balaban J connectivity index is 2.09. The van der Waals surface area contributed by atoms with Gasteiger partial charge in [-0.05, 0) is 29.8 Å². The lowest BCUT2D eigenvalue weighted by Crippen LogP contribution is -2.25. The smallest absolute Gasteiger partial charge is 0.251 e. The van der Waals surface area contributed by atoms with Crippen molar-refractivity contribution in [2.75, 3.05) is 6.54 Å². The molecule has 2 rings (SSSR count). The molecule has 1 heterocycles. The van der Waals surface area contributed by atoms with Crippen LogP contribution in [0.15, 0.2) is 66.3 Å². The minimum Gasteiger partial charge on any atom is -0.348 e. The van der Waals surface area contributed by atoms with Gasteiger partial charge in [0, 0.05) is 31.0 Å². The average Bonchev–Trinajstić information content (AvgIpc) is 2.59.